The van der Waals surface area contributed by atoms with Crippen LogP contribution in [0, 0.1) is 5.92 Å². The maximum Gasteiger partial charge on any atom is 0.222 e. The lowest BCUT2D eigenvalue weighted by molar-refractivity contribution is -0.132. The van der Waals surface area contributed by atoms with Crippen LogP contribution in [0.5, 0.6) is 0 Å². The van der Waals surface area contributed by atoms with Gasteiger partial charge in [-0.25, -0.2) is 3.11 Å². The molecule has 0 N–H and O–H groups in total. The van der Waals surface area contributed by atoms with Crippen LogP contribution < -0.4 is 0 Å². The first-order valence-electron chi connectivity index (χ1n) is 4.94. The fraction of sp³-hybridized carbons (Fsp3) is 0.889. The minimum atomic E-state index is 0.381. The molecule has 0 aromatic rings. The van der Waals surface area contributed by atoms with Crippen molar-refractivity contribution in [2.75, 3.05) is 26.2 Å². The summed E-state index contributed by atoms with van der Waals surface area (Å²) in [6.45, 7) is 3.90. The lowest BCUT2D eigenvalue weighted by Crippen LogP contribution is -2.45. The second-order valence-corrected chi connectivity index (χ2v) is 5.30. The SMILES string of the molecule is O=C(CC1CC1)N1CCN(I)CC1. The Labute approximate surface area is 92.9 Å². The van der Waals surface area contributed by atoms with Crippen molar-refractivity contribution in [3.8, 4) is 0 Å². The van der Waals surface area contributed by atoms with E-state index in [4.69, 9.17) is 0 Å². The van der Waals surface area contributed by atoms with E-state index < -0.39 is 0 Å². The van der Waals surface area contributed by atoms with Crippen LogP contribution in [0.4, 0.5) is 0 Å². The molecule has 0 atom stereocenters. The Hall–Kier alpha value is 0.160. The molecule has 1 heterocycles. The van der Waals surface area contributed by atoms with E-state index in [0.717, 1.165) is 38.5 Å². The zero-order chi connectivity index (χ0) is 9.26. The molecule has 0 aromatic carbocycles. The molecule has 1 amide bonds. The van der Waals surface area contributed by atoms with E-state index in [2.05, 4.69) is 26.0 Å². The van der Waals surface area contributed by atoms with Gasteiger partial charge in [-0.15, -0.1) is 0 Å². The van der Waals surface area contributed by atoms with Crippen LogP contribution in [0.1, 0.15) is 19.3 Å². The molecule has 0 unspecified atom stereocenters. The van der Waals surface area contributed by atoms with Crippen LogP contribution in [-0.4, -0.2) is 40.1 Å². The third kappa shape index (κ3) is 2.80. The van der Waals surface area contributed by atoms with Crippen molar-refractivity contribution in [1.29, 1.82) is 0 Å². The first-order valence-corrected chi connectivity index (χ1v) is 5.90. The van der Waals surface area contributed by atoms with Gasteiger partial charge in [-0.2, -0.15) is 0 Å². The van der Waals surface area contributed by atoms with Crippen LogP contribution in [-0.2, 0) is 4.79 Å². The molecule has 3 nitrogen and oxygen atoms in total. The van der Waals surface area contributed by atoms with E-state index in [0.29, 0.717) is 5.91 Å². The van der Waals surface area contributed by atoms with Gasteiger partial charge >= 0.3 is 0 Å². The maximum absolute atomic E-state index is 11.7. The Morgan fingerprint density at radius 1 is 1.23 bits per heavy atom. The standard InChI is InChI=1S/C9H15IN2O/c10-12-5-3-11(4-6-12)9(13)7-8-1-2-8/h8H,1-7H2. The lowest BCUT2D eigenvalue weighted by Gasteiger charge is -2.31. The smallest absolute Gasteiger partial charge is 0.222 e. The van der Waals surface area contributed by atoms with E-state index in [-0.39, 0.29) is 0 Å². The topological polar surface area (TPSA) is 23.6 Å². The molecule has 74 valence electrons. The van der Waals surface area contributed by atoms with Crippen LogP contribution in [0.2, 0.25) is 0 Å². The Bertz CT molecular complexity index is 198. The van der Waals surface area contributed by atoms with E-state index in [1.807, 2.05) is 4.90 Å². The number of halogens is 1. The molecule has 1 aliphatic carbocycles. The predicted octanol–water partition coefficient (Wildman–Crippen LogP) is 1.28. The Kier molecular flexibility index (Phi) is 3.08. The number of hydrogen-bond donors (Lipinski definition) is 0. The van der Waals surface area contributed by atoms with Crippen molar-refractivity contribution >= 4 is 28.8 Å². The number of piperazine rings is 1. The number of nitrogens with zero attached hydrogens (tertiary/aromatic N) is 2. The highest BCUT2D eigenvalue weighted by Crippen LogP contribution is 2.32. The first kappa shape index (κ1) is 9.71. The Morgan fingerprint density at radius 3 is 2.38 bits per heavy atom. The van der Waals surface area contributed by atoms with Gasteiger partial charge < -0.3 is 4.90 Å². The van der Waals surface area contributed by atoms with Gasteiger partial charge in [0.2, 0.25) is 5.91 Å². The van der Waals surface area contributed by atoms with Gasteiger partial charge in [-0.05, 0) is 18.8 Å². The number of amides is 1. The molecule has 13 heavy (non-hydrogen) atoms. The molecule has 0 radical (unpaired) electrons. The molecule has 1 saturated carbocycles. The van der Waals surface area contributed by atoms with Crippen LogP contribution in [0.25, 0.3) is 0 Å². The minimum Gasteiger partial charge on any atom is -0.340 e. The summed E-state index contributed by atoms with van der Waals surface area (Å²) < 4.78 is 2.25. The van der Waals surface area contributed by atoms with Gasteiger partial charge in [0.05, 0.1) is 0 Å². The molecule has 2 fully saturated rings. The molecule has 4 heteroatoms. The van der Waals surface area contributed by atoms with Crippen molar-refractivity contribution in [2.24, 2.45) is 5.92 Å². The molecule has 0 aromatic heterocycles. The van der Waals surface area contributed by atoms with E-state index in [1.54, 1.807) is 0 Å². The number of carbonyl (C=O) groups excluding carboxylic acids is 1. The Balaban J connectivity index is 1.75. The highest BCUT2D eigenvalue weighted by molar-refractivity contribution is 14.1. The second-order valence-electron chi connectivity index (χ2n) is 3.94. The quantitative estimate of drug-likeness (QED) is 0.566. The molecule has 2 aliphatic rings. The molecule has 0 bridgehead atoms. The predicted molar refractivity (Wildman–Crippen MR) is 59.5 cm³/mol. The first-order chi connectivity index (χ1) is 6.25. The molecule has 2 rings (SSSR count). The number of hydrogen-bond acceptors (Lipinski definition) is 2. The van der Waals surface area contributed by atoms with Gasteiger partial charge in [0.15, 0.2) is 0 Å². The lowest BCUT2D eigenvalue weighted by atomic mass is 10.2. The third-order valence-electron chi connectivity index (χ3n) is 2.74. The zero-order valence-electron chi connectivity index (χ0n) is 7.71. The zero-order valence-corrected chi connectivity index (χ0v) is 9.87. The molecule has 1 saturated heterocycles. The minimum absolute atomic E-state index is 0.381. The van der Waals surface area contributed by atoms with Crippen molar-refractivity contribution < 1.29 is 4.79 Å². The van der Waals surface area contributed by atoms with Crippen molar-refractivity contribution in [3.63, 3.8) is 0 Å². The van der Waals surface area contributed by atoms with Crippen molar-refractivity contribution in [1.82, 2.24) is 8.01 Å². The van der Waals surface area contributed by atoms with Crippen LogP contribution in [0.3, 0.4) is 0 Å². The summed E-state index contributed by atoms with van der Waals surface area (Å²) >= 11 is 2.32. The maximum atomic E-state index is 11.7. The van der Waals surface area contributed by atoms with Crippen molar-refractivity contribution in [3.05, 3.63) is 0 Å². The summed E-state index contributed by atoms with van der Waals surface area (Å²) in [7, 11) is 0. The van der Waals surface area contributed by atoms with Gasteiger partial charge in [-0.3, -0.25) is 4.79 Å². The summed E-state index contributed by atoms with van der Waals surface area (Å²) in [6.07, 6.45) is 3.36. The van der Waals surface area contributed by atoms with E-state index in [1.165, 1.54) is 12.8 Å². The highest BCUT2D eigenvalue weighted by Gasteiger charge is 2.28. The summed E-state index contributed by atoms with van der Waals surface area (Å²) in [6, 6.07) is 0. The summed E-state index contributed by atoms with van der Waals surface area (Å²) in [5.74, 6) is 1.11. The molecule has 0 spiro atoms. The molecule has 1 aliphatic heterocycles. The second kappa shape index (κ2) is 4.13. The molecular weight excluding hydrogens is 279 g/mol. The average molecular weight is 294 g/mol. The summed E-state index contributed by atoms with van der Waals surface area (Å²) in [5, 5.41) is 0. The summed E-state index contributed by atoms with van der Waals surface area (Å²) in [5.41, 5.74) is 0. The van der Waals surface area contributed by atoms with Gasteiger partial charge in [0, 0.05) is 55.5 Å². The molecular formula is C9H15IN2O. The number of rotatable bonds is 2. The Morgan fingerprint density at radius 2 is 1.85 bits per heavy atom. The highest BCUT2D eigenvalue weighted by atomic mass is 127. The van der Waals surface area contributed by atoms with Crippen LogP contribution in [0.15, 0.2) is 0 Å². The van der Waals surface area contributed by atoms with Crippen molar-refractivity contribution in [2.45, 2.75) is 19.3 Å². The van der Waals surface area contributed by atoms with Gasteiger partial charge in [0.1, 0.15) is 0 Å². The summed E-state index contributed by atoms with van der Waals surface area (Å²) in [4.78, 5) is 13.7. The third-order valence-corrected chi connectivity index (χ3v) is 3.70. The average Bonchev–Trinajstić information content (AvgIpc) is 2.89. The van der Waals surface area contributed by atoms with E-state index >= 15 is 0 Å². The largest absolute Gasteiger partial charge is 0.340 e. The normalized spacial score (nSPS) is 24.8. The fourth-order valence-corrected chi connectivity index (χ4v) is 2.06. The van der Waals surface area contributed by atoms with Crippen LogP contribution >= 0.6 is 22.9 Å². The number of carbonyl (C=O) groups is 1. The van der Waals surface area contributed by atoms with E-state index in [9.17, 15) is 4.79 Å². The fourth-order valence-electron chi connectivity index (χ4n) is 1.63. The monoisotopic (exact) mass is 294 g/mol. The van der Waals surface area contributed by atoms with Gasteiger partial charge in [-0.1, -0.05) is 0 Å². The van der Waals surface area contributed by atoms with Gasteiger partial charge in [0.25, 0.3) is 0 Å².